The average Bonchev–Trinajstić information content (AvgIpc) is 2.56. The van der Waals surface area contributed by atoms with Crippen LogP contribution < -0.4 is 5.32 Å². The Morgan fingerprint density at radius 2 is 1.78 bits per heavy atom. The molecule has 1 N–H and O–H groups in total. The molecule has 0 radical (unpaired) electrons. The molecule has 1 heterocycles. The van der Waals surface area contributed by atoms with Crippen LogP contribution in [0.4, 0.5) is 5.69 Å². The standard InChI is InChI=1S/C16H20ClN3O3/c1-16(2,14(22)18-13-6-4-3-5-12(13)17)15(23)20-9-7-19(11-21)8-10-20/h3-6,11H,7-10H2,1-2H3,(H,18,22). The van der Waals surface area contributed by atoms with E-state index in [1.54, 1.807) is 47.9 Å². The zero-order valence-corrected chi connectivity index (χ0v) is 14.0. The molecular weight excluding hydrogens is 318 g/mol. The Hall–Kier alpha value is -2.08. The topological polar surface area (TPSA) is 69.7 Å². The van der Waals surface area contributed by atoms with Gasteiger partial charge in [0.05, 0.1) is 10.7 Å². The van der Waals surface area contributed by atoms with E-state index in [1.165, 1.54) is 0 Å². The lowest BCUT2D eigenvalue weighted by atomic mass is 9.89. The fraction of sp³-hybridized carbons (Fsp3) is 0.438. The number of anilines is 1. The van der Waals surface area contributed by atoms with E-state index in [2.05, 4.69) is 5.32 Å². The van der Waals surface area contributed by atoms with Gasteiger partial charge in [-0.1, -0.05) is 23.7 Å². The number of piperazine rings is 1. The van der Waals surface area contributed by atoms with Crippen LogP contribution in [-0.2, 0) is 14.4 Å². The Morgan fingerprint density at radius 1 is 1.17 bits per heavy atom. The average molecular weight is 338 g/mol. The molecule has 0 atom stereocenters. The molecule has 6 nitrogen and oxygen atoms in total. The summed E-state index contributed by atoms with van der Waals surface area (Å²) in [6, 6.07) is 6.88. The molecule has 124 valence electrons. The van der Waals surface area contributed by atoms with Crippen molar-refractivity contribution in [1.29, 1.82) is 0 Å². The van der Waals surface area contributed by atoms with Gasteiger partial charge < -0.3 is 15.1 Å². The summed E-state index contributed by atoms with van der Waals surface area (Å²) in [5.74, 6) is -0.666. The second-order valence-electron chi connectivity index (χ2n) is 5.99. The summed E-state index contributed by atoms with van der Waals surface area (Å²) in [6.45, 7) is 5.01. The largest absolute Gasteiger partial charge is 0.342 e. The van der Waals surface area contributed by atoms with Crippen molar-refractivity contribution in [2.24, 2.45) is 5.41 Å². The molecule has 0 aromatic heterocycles. The molecule has 1 aliphatic heterocycles. The highest BCUT2D eigenvalue weighted by Gasteiger charge is 2.40. The van der Waals surface area contributed by atoms with Crippen molar-refractivity contribution in [3.05, 3.63) is 29.3 Å². The SMILES string of the molecule is CC(C)(C(=O)Nc1ccccc1Cl)C(=O)N1CCN(C=O)CC1. The minimum Gasteiger partial charge on any atom is -0.342 e. The minimum atomic E-state index is -1.22. The number of hydrogen-bond acceptors (Lipinski definition) is 3. The summed E-state index contributed by atoms with van der Waals surface area (Å²) in [6.07, 6.45) is 0.775. The monoisotopic (exact) mass is 337 g/mol. The van der Waals surface area contributed by atoms with E-state index in [0.717, 1.165) is 6.41 Å². The Balaban J connectivity index is 2.05. The summed E-state index contributed by atoms with van der Waals surface area (Å²) in [4.78, 5) is 39.1. The van der Waals surface area contributed by atoms with E-state index in [1.807, 2.05) is 0 Å². The van der Waals surface area contributed by atoms with Gasteiger partial charge in [-0.05, 0) is 26.0 Å². The van der Waals surface area contributed by atoms with E-state index >= 15 is 0 Å². The molecule has 0 spiro atoms. The second-order valence-corrected chi connectivity index (χ2v) is 6.40. The normalized spacial score (nSPS) is 15.3. The van der Waals surface area contributed by atoms with Crippen LogP contribution >= 0.6 is 11.6 Å². The van der Waals surface area contributed by atoms with Crippen LogP contribution in [0.25, 0.3) is 0 Å². The van der Waals surface area contributed by atoms with E-state index in [9.17, 15) is 14.4 Å². The number of halogens is 1. The van der Waals surface area contributed by atoms with Gasteiger partial charge in [-0.15, -0.1) is 0 Å². The van der Waals surface area contributed by atoms with Crippen molar-refractivity contribution in [3.8, 4) is 0 Å². The van der Waals surface area contributed by atoms with Crippen LogP contribution in [0.1, 0.15) is 13.8 Å². The highest BCUT2D eigenvalue weighted by molar-refractivity contribution is 6.33. The van der Waals surface area contributed by atoms with Crippen LogP contribution in [0, 0.1) is 5.41 Å². The minimum absolute atomic E-state index is 0.257. The maximum absolute atomic E-state index is 12.7. The van der Waals surface area contributed by atoms with Crippen LogP contribution in [0.3, 0.4) is 0 Å². The van der Waals surface area contributed by atoms with E-state index in [0.29, 0.717) is 36.9 Å². The summed E-state index contributed by atoms with van der Waals surface area (Å²) in [5, 5.41) is 3.13. The zero-order valence-electron chi connectivity index (χ0n) is 13.2. The summed E-state index contributed by atoms with van der Waals surface area (Å²) in [7, 11) is 0. The predicted octanol–water partition coefficient (Wildman–Crippen LogP) is 1.61. The molecule has 3 amide bonds. The fourth-order valence-electron chi connectivity index (χ4n) is 2.36. The van der Waals surface area contributed by atoms with Crippen LogP contribution in [0.2, 0.25) is 5.02 Å². The number of nitrogens with one attached hydrogen (secondary N) is 1. The summed E-state index contributed by atoms with van der Waals surface area (Å²) < 4.78 is 0. The van der Waals surface area contributed by atoms with Crippen molar-refractivity contribution < 1.29 is 14.4 Å². The Bertz CT molecular complexity index is 610. The van der Waals surface area contributed by atoms with Gasteiger partial charge in [0.1, 0.15) is 5.41 Å². The highest BCUT2D eigenvalue weighted by atomic mass is 35.5. The lowest BCUT2D eigenvalue weighted by molar-refractivity contribution is -0.148. The maximum Gasteiger partial charge on any atom is 0.239 e. The molecule has 1 aromatic carbocycles. The number of carbonyl (C=O) groups is 3. The van der Waals surface area contributed by atoms with Gasteiger partial charge in [-0.2, -0.15) is 0 Å². The van der Waals surface area contributed by atoms with Gasteiger partial charge in [0.25, 0.3) is 0 Å². The number of amides is 3. The molecule has 1 fully saturated rings. The second kappa shape index (κ2) is 7.00. The molecule has 0 bridgehead atoms. The molecule has 1 aromatic rings. The molecule has 1 saturated heterocycles. The molecular formula is C16H20ClN3O3. The Kier molecular flexibility index (Phi) is 5.26. The van der Waals surface area contributed by atoms with Crippen molar-refractivity contribution >= 4 is 35.5 Å². The number of benzene rings is 1. The molecule has 23 heavy (non-hydrogen) atoms. The van der Waals surface area contributed by atoms with Gasteiger partial charge >= 0.3 is 0 Å². The van der Waals surface area contributed by atoms with Gasteiger partial charge in [0.2, 0.25) is 18.2 Å². The molecule has 0 aliphatic carbocycles. The predicted molar refractivity (Wildman–Crippen MR) is 88.1 cm³/mol. The molecule has 7 heteroatoms. The molecule has 0 unspecified atom stereocenters. The van der Waals surface area contributed by atoms with Crippen molar-refractivity contribution in [1.82, 2.24) is 9.80 Å². The van der Waals surface area contributed by atoms with Gasteiger partial charge in [0.15, 0.2) is 0 Å². The van der Waals surface area contributed by atoms with E-state index in [4.69, 9.17) is 11.6 Å². The third-order valence-corrected chi connectivity index (χ3v) is 4.30. The van der Waals surface area contributed by atoms with Gasteiger partial charge in [0, 0.05) is 26.2 Å². The van der Waals surface area contributed by atoms with E-state index in [-0.39, 0.29) is 5.91 Å². The number of nitrogens with zero attached hydrogens (tertiary/aromatic N) is 2. The van der Waals surface area contributed by atoms with E-state index < -0.39 is 11.3 Å². The van der Waals surface area contributed by atoms with Crippen LogP contribution in [0.15, 0.2) is 24.3 Å². The maximum atomic E-state index is 12.7. The third-order valence-electron chi connectivity index (χ3n) is 3.97. The molecule has 2 rings (SSSR count). The van der Waals surface area contributed by atoms with Crippen molar-refractivity contribution in [2.75, 3.05) is 31.5 Å². The number of para-hydroxylation sites is 1. The lowest BCUT2D eigenvalue weighted by Crippen LogP contribution is -2.54. The number of carbonyl (C=O) groups excluding carboxylic acids is 3. The van der Waals surface area contributed by atoms with Gasteiger partial charge in [-0.3, -0.25) is 14.4 Å². The van der Waals surface area contributed by atoms with Gasteiger partial charge in [-0.25, -0.2) is 0 Å². The lowest BCUT2D eigenvalue weighted by Gasteiger charge is -2.36. The molecule has 0 saturated carbocycles. The smallest absolute Gasteiger partial charge is 0.239 e. The summed E-state index contributed by atoms with van der Waals surface area (Å²) in [5.41, 5.74) is -0.742. The van der Waals surface area contributed by atoms with Crippen LogP contribution in [0.5, 0.6) is 0 Å². The summed E-state index contributed by atoms with van der Waals surface area (Å²) >= 11 is 6.03. The Labute approximate surface area is 140 Å². The zero-order chi connectivity index (χ0) is 17.0. The van der Waals surface area contributed by atoms with Crippen molar-refractivity contribution in [3.63, 3.8) is 0 Å². The van der Waals surface area contributed by atoms with Crippen molar-refractivity contribution in [2.45, 2.75) is 13.8 Å². The number of hydrogen-bond donors (Lipinski definition) is 1. The first-order valence-electron chi connectivity index (χ1n) is 7.41. The molecule has 1 aliphatic rings. The Morgan fingerprint density at radius 3 is 2.35 bits per heavy atom. The first-order valence-corrected chi connectivity index (χ1v) is 7.78. The number of rotatable bonds is 4. The first-order chi connectivity index (χ1) is 10.9. The highest BCUT2D eigenvalue weighted by Crippen LogP contribution is 2.26. The first kappa shape index (κ1) is 17.3. The fourth-order valence-corrected chi connectivity index (χ4v) is 2.55. The van der Waals surface area contributed by atoms with Crippen LogP contribution in [-0.4, -0.2) is 54.2 Å². The third kappa shape index (κ3) is 3.82. The quantitative estimate of drug-likeness (QED) is 0.670.